The second-order valence-electron chi connectivity index (χ2n) is 6.28. The molecule has 2 heterocycles. The summed E-state index contributed by atoms with van der Waals surface area (Å²) in [5.74, 6) is 0.899. The summed E-state index contributed by atoms with van der Waals surface area (Å²) < 4.78 is 11.4. The van der Waals surface area contributed by atoms with Crippen molar-refractivity contribution in [2.24, 2.45) is 0 Å². The molecular formula is C22H15Cl2N3O3. The first kappa shape index (κ1) is 19.9. The molecule has 0 bridgehead atoms. The number of anilines is 1. The lowest BCUT2D eigenvalue weighted by molar-refractivity contribution is 0.102. The van der Waals surface area contributed by atoms with E-state index in [-0.39, 0.29) is 16.6 Å². The Balaban J connectivity index is 1.58. The van der Waals surface area contributed by atoms with E-state index < -0.39 is 5.91 Å². The molecule has 0 aliphatic heterocycles. The number of rotatable bonds is 5. The third-order valence-corrected chi connectivity index (χ3v) is 4.63. The van der Waals surface area contributed by atoms with Crippen molar-refractivity contribution in [3.05, 3.63) is 88.4 Å². The van der Waals surface area contributed by atoms with Crippen molar-refractivity contribution in [2.45, 2.75) is 6.92 Å². The van der Waals surface area contributed by atoms with Gasteiger partial charge in [0.05, 0.1) is 10.7 Å². The first-order valence-corrected chi connectivity index (χ1v) is 9.69. The first-order valence-electron chi connectivity index (χ1n) is 8.93. The van der Waals surface area contributed by atoms with Crippen LogP contribution in [0.3, 0.4) is 0 Å². The number of hydrogen-bond donors (Lipinski definition) is 1. The van der Waals surface area contributed by atoms with E-state index in [1.54, 1.807) is 31.2 Å². The molecule has 0 fully saturated rings. The van der Waals surface area contributed by atoms with Gasteiger partial charge in [-0.1, -0.05) is 53.5 Å². The minimum Gasteiger partial charge on any atom is -0.441 e. The molecule has 6 nitrogen and oxygen atoms in total. The van der Waals surface area contributed by atoms with E-state index in [2.05, 4.69) is 15.3 Å². The SMILES string of the molecule is Cc1oc(-c2ccccc2)nc1C(=O)Nc1ccccc1Oc1ncc(Cl)cc1Cl. The van der Waals surface area contributed by atoms with Crippen LogP contribution in [0.2, 0.25) is 10.0 Å². The lowest BCUT2D eigenvalue weighted by Gasteiger charge is -2.12. The molecular weight excluding hydrogens is 425 g/mol. The Labute approximate surface area is 182 Å². The fourth-order valence-corrected chi connectivity index (χ4v) is 3.15. The minimum atomic E-state index is -0.426. The molecule has 4 rings (SSSR count). The molecule has 150 valence electrons. The molecule has 0 saturated carbocycles. The second kappa shape index (κ2) is 8.57. The number of halogens is 2. The maximum absolute atomic E-state index is 12.8. The molecule has 2 aromatic carbocycles. The molecule has 0 saturated heterocycles. The highest BCUT2D eigenvalue weighted by molar-refractivity contribution is 6.35. The molecule has 1 amide bonds. The summed E-state index contributed by atoms with van der Waals surface area (Å²) in [7, 11) is 0. The largest absolute Gasteiger partial charge is 0.441 e. The zero-order chi connectivity index (χ0) is 21.1. The average Bonchev–Trinajstić information content (AvgIpc) is 3.14. The first-order chi connectivity index (χ1) is 14.5. The van der Waals surface area contributed by atoms with Gasteiger partial charge in [0.15, 0.2) is 11.4 Å². The topological polar surface area (TPSA) is 77.2 Å². The Kier molecular flexibility index (Phi) is 5.70. The standard InChI is InChI=1S/C22H15Cl2N3O3/c1-13-19(27-21(29-13)14-7-3-2-4-8-14)20(28)26-17-9-5-6-10-18(17)30-22-16(24)11-15(23)12-25-22/h2-12H,1H3,(H,26,28). The Bertz CT molecular complexity index is 1210. The van der Waals surface area contributed by atoms with Gasteiger partial charge in [0.1, 0.15) is 10.8 Å². The highest BCUT2D eigenvalue weighted by Gasteiger charge is 2.20. The van der Waals surface area contributed by atoms with E-state index in [4.69, 9.17) is 32.4 Å². The van der Waals surface area contributed by atoms with Gasteiger partial charge in [-0.3, -0.25) is 4.79 Å². The van der Waals surface area contributed by atoms with E-state index >= 15 is 0 Å². The Morgan fingerprint density at radius 3 is 2.57 bits per heavy atom. The lowest BCUT2D eigenvalue weighted by Crippen LogP contribution is -2.14. The van der Waals surface area contributed by atoms with Crippen molar-refractivity contribution in [3.63, 3.8) is 0 Å². The van der Waals surface area contributed by atoms with Crippen LogP contribution < -0.4 is 10.1 Å². The van der Waals surface area contributed by atoms with Gasteiger partial charge in [0, 0.05) is 11.8 Å². The predicted octanol–water partition coefficient (Wildman–Crippen LogP) is 6.40. The number of nitrogens with zero attached hydrogens (tertiary/aromatic N) is 2. The third-order valence-electron chi connectivity index (χ3n) is 4.15. The molecule has 0 radical (unpaired) electrons. The Morgan fingerprint density at radius 1 is 1.07 bits per heavy atom. The molecule has 0 aliphatic carbocycles. The van der Waals surface area contributed by atoms with Gasteiger partial charge >= 0.3 is 0 Å². The van der Waals surface area contributed by atoms with Crippen LogP contribution in [0.4, 0.5) is 5.69 Å². The number of aryl methyl sites for hydroxylation is 1. The van der Waals surface area contributed by atoms with Crippen LogP contribution >= 0.6 is 23.2 Å². The van der Waals surface area contributed by atoms with E-state index in [0.717, 1.165) is 5.56 Å². The van der Waals surface area contributed by atoms with E-state index in [1.165, 1.54) is 12.3 Å². The minimum absolute atomic E-state index is 0.173. The number of hydrogen-bond acceptors (Lipinski definition) is 5. The van der Waals surface area contributed by atoms with Gasteiger partial charge < -0.3 is 14.5 Å². The number of carbonyl (C=O) groups excluding carboxylic acids is 1. The number of aromatic nitrogens is 2. The highest BCUT2D eigenvalue weighted by Crippen LogP contribution is 2.33. The van der Waals surface area contributed by atoms with Crippen molar-refractivity contribution in [3.8, 4) is 23.1 Å². The number of ether oxygens (including phenoxy) is 1. The lowest BCUT2D eigenvalue weighted by atomic mass is 10.2. The van der Waals surface area contributed by atoms with Crippen LogP contribution in [0.1, 0.15) is 16.2 Å². The number of nitrogens with one attached hydrogen (secondary N) is 1. The maximum Gasteiger partial charge on any atom is 0.278 e. The fourth-order valence-electron chi connectivity index (χ4n) is 2.73. The monoisotopic (exact) mass is 439 g/mol. The summed E-state index contributed by atoms with van der Waals surface area (Å²) in [6, 6.07) is 17.8. The smallest absolute Gasteiger partial charge is 0.278 e. The van der Waals surface area contributed by atoms with Crippen LogP contribution in [0.25, 0.3) is 11.5 Å². The second-order valence-corrected chi connectivity index (χ2v) is 7.13. The Hall–Kier alpha value is -3.35. The van der Waals surface area contributed by atoms with Gasteiger partial charge in [-0.25, -0.2) is 9.97 Å². The molecule has 0 unspecified atom stereocenters. The summed E-state index contributed by atoms with van der Waals surface area (Å²) in [6.07, 6.45) is 1.42. The molecule has 30 heavy (non-hydrogen) atoms. The number of amides is 1. The molecule has 4 aromatic rings. The van der Waals surface area contributed by atoms with Crippen LogP contribution in [0.15, 0.2) is 71.3 Å². The van der Waals surface area contributed by atoms with E-state index in [9.17, 15) is 4.79 Å². The average molecular weight is 440 g/mol. The zero-order valence-corrected chi connectivity index (χ0v) is 17.2. The van der Waals surface area contributed by atoms with Gasteiger partial charge in [-0.05, 0) is 37.3 Å². The number of benzene rings is 2. The van der Waals surface area contributed by atoms with Crippen molar-refractivity contribution < 1.29 is 13.9 Å². The molecule has 0 spiro atoms. The van der Waals surface area contributed by atoms with E-state index in [1.807, 2.05) is 30.3 Å². The normalized spacial score (nSPS) is 10.6. The molecule has 2 aromatic heterocycles. The third kappa shape index (κ3) is 4.30. The molecule has 0 atom stereocenters. The van der Waals surface area contributed by atoms with Crippen molar-refractivity contribution in [2.75, 3.05) is 5.32 Å². The Morgan fingerprint density at radius 2 is 1.80 bits per heavy atom. The quantitative estimate of drug-likeness (QED) is 0.389. The van der Waals surface area contributed by atoms with Gasteiger partial charge in [-0.15, -0.1) is 0 Å². The molecule has 8 heteroatoms. The highest BCUT2D eigenvalue weighted by atomic mass is 35.5. The van der Waals surface area contributed by atoms with Crippen LogP contribution in [0, 0.1) is 6.92 Å². The summed E-state index contributed by atoms with van der Waals surface area (Å²) in [6.45, 7) is 1.69. The van der Waals surface area contributed by atoms with Crippen molar-refractivity contribution in [1.82, 2.24) is 9.97 Å². The predicted molar refractivity (Wildman–Crippen MR) is 115 cm³/mol. The zero-order valence-electron chi connectivity index (χ0n) is 15.7. The summed E-state index contributed by atoms with van der Waals surface area (Å²) >= 11 is 12.0. The summed E-state index contributed by atoms with van der Waals surface area (Å²) in [5.41, 5.74) is 1.40. The maximum atomic E-state index is 12.8. The number of pyridine rings is 1. The van der Waals surface area contributed by atoms with Crippen molar-refractivity contribution in [1.29, 1.82) is 0 Å². The summed E-state index contributed by atoms with van der Waals surface area (Å²) in [5, 5.41) is 3.45. The van der Waals surface area contributed by atoms with Gasteiger partial charge in [0.2, 0.25) is 11.8 Å². The number of para-hydroxylation sites is 2. The molecule has 0 aliphatic rings. The van der Waals surface area contributed by atoms with E-state index in [0.29, 0.717) is 28.1 Å². The van der Waals surface area contributed by atoms with Crippen LogP contribution in [-0.2, 0) is 0 Å². The molecule has 1 N–H and O–H groups in total. The number of carbonyl (C=O) groups is 1. The summed E-state index contributed by atoms with van der Waals surface area (Å²) in [4.78, 5) is 21.3. The van der Waals surface area contributed by atoms with Crippen molar-refractivity contribution >= 4 is 34.8 Å². The van der Waals surface area contributed by atoms with Gasteiger partial charge in [-0.2, -0.15) is 0 Å². The number of oxazole rings is 1. The van der Waals surface area contributed by atoms with Crippen LogP contribution in [0.5, 0.6) is 11.6 Å². The van der Waals surface area contributed by atoms with Crippen LogP contribution in [-0.4, -0.2) is 15.9 Å². The fraction of sp³-hybridized carbons (Fsp3) is 0.0455. The van der Waals surface area contributed by atoms with Gasteiger partial charge in [0.25, 0.3) is 5.91 Å².